The highest BCUT2D eigenvalue weighted by Gasteiger charge is 2.32. The molecule has 0 aliphatic heterocycles. The van der Waals surface area contributed by atoms with Crippen LogP contribution in [0.1, 0.15) is 70.0 Å². The number of rotatable bonds is 11. The summed E-state index contributed by atoms with van der Waals surface area (Å²) >= 11 is 1.42. The summed E-state index contributed by atoms with van der Waals surface area (Å²) in [6.45, 7) is 7.76. The van der Waals surface area contributed by atoms with E-state index in [2.05, 4.69) is 27.8 Å². The topological polar surface area (TPSA) is 97.1 Å². The smallest absolute Gasteiger partial charge is 0.286 e. The zero-order valence-electron chi connectivity index (χ0n) is 16.6. The predicted octanol–water partition coefficient (Wildman–Crippen LogP) is 3.07. The van der Waals surface area contributed by atoms with Crippen molar-refractivity contribution in [1.29, 1.82) is 0 Å². The van der Waals surface area contributed by atoms with E-state index in [1.54, 1.807) is 0 Å². The van der Waals surface area contributed by atoms with Gasteiger partial charge in [0.1, 0.15) is 0 Å². The number of thioether (sulfide) groups is 1. The second-order valence-electron chi connectivity index (χ2n) is 7.40. The number of ketones is 1. The number of aromatic nitrogens is 2. The van der Waals surface area contributed by atoms with Gasteiger partial charge in [-0.3, -0.25) is 9.59 Å². The van der Waals surface area contributed by atoms with Gasteiger partial charge in [0.25, 0.3) is 11.1 Å². The third kappa shape index (κ3) is 6.92. The zero-order valence-corrected chi connectivity index (χ0v) is 17.4. The van der Waals surface area contributed by atoms with Gasteiger partial charge in [-0.25, -0.2) is 0 Å². The van der Waals surface area contributed by atoms with Crippen molar-refractivity contribution in [2.75, 3.05) is 18.8 Å². The van der Waals surface area contributed by atoms with E-state index in [9.17, 15) is 9.59 Å². The Bertz CT molecular complexity index is 600. The van der Waals surface area contributed by atoms with E-state index in [4.69, 9.17) is 4.42 Å². The SMILES string of the molecule is CCCNCCSc1nnc(C(=O)[C@@H](NC(=O)C2CCCCC2)C(C)C)o1. The number of hydrogen-bond donors (Lipinski definition) is 2. The van der Waals surface area contributed by atoms with Gasteiger partial charge in [0.15, 0.2) is 0 Å². The highest BCUT2D eigenvalue weighted by molar-refractivity contribution is 7.99. The molecule has 0 bridgehead atoms. The van der Waals surface area contributed by atoms with Gasteiger partial charge in [0.05, 0.1) is 6.04 Å². The summed E-state index contributed by atoms with van der Waals surface area (Å²) in [5.74, 6) is 0.391. The maximum Gasteiger partial charge on any atom is 0.286 e. The van der Waals surface area contributed by atoms with Gasteiger partial charge in [0, 0.05) is 18.2 Å². The van der Waals surface area contributed by atoms with Crippen LogP contribution < -0.4 is 10.6 Å². The average molecular weight is 397 g/mol. The Labute approximate surface area is 165 Å². The van der Waals surface area contributed by atoms with Gasteiger partial charge in [0.2, 0.25) is 11.7 Å². The summed E-state index contributed by atoms with van der Waals surface area (Å²) in [7, 11) is 0. The standard InChI is InChI=1S/C19H32N4O3S/c1-4-10-20-11-12-27-19-23-22-18(26-19)16(24)15(13(2)3)21-17(25)14-8-6-5-7-9-14/h13-15,20H,4-12H2,1-3H3,(H,21,25)/t15-/m0/s1. The van der Waals surface area contributed by atoms with Crippen molar-refractivity contribution >= 4 is 23.5 Å². The molecule has 0 unspecified atom stereocenters. The Balaban J connectivity index is 1.90. The molecule has 152 valence electrons. The summed E-state index contributed by atoms with van der Waals surface area (Å²) < 4.78 is 5.52. The van der Waals surface area contributed by atoms with Crippen LogP contribution in [0.2, 0.25) is 0 Å². The maximum atomic E-state index is 12.8. The van der Waals surface area contributed by atoms with Crippen molar-refractivity contribution in [3.8, 4) is 0 Å². The number of nitrogens with one attached hydrogen (secondary N) is 2. The van der Waals surface area contributed by atoms with Crippen molar-refractivity contribution in [2.24, 2.45) is 11.8 Å². The molecule has 0 radical (unpaired) electrons. The van der Waals surface area contributed by atoms with Crippen LogP contribution in [0.4, 0.5) is 0 Å². The molecule has 1 aliphatic rings. The minimum atomic E-state index is -0.635. The van der Waals surface area contributed by atoms with E-state index in [1.807, 2.05) is 13.8 Å². The highest BCUT2D eigenvalue weighted by atomic mass is 32.2. The van der Waals surface area contributed by atoms with E-state index in [-0.39, 0.29) is 29.4 Å². The molecule has 1 aromatic heterocycles. The van der Waals surface area contributed by atoms with Crippen LogP contribution in [0, 0.1) is 11.8 Å². The Kier molecular flexibility index (Phi) is 9.27. The molecule has 1 aromatic rings. The molecule has 1 fully saturated rings. The van der Waals surface area contributed by atoms with Crippen LogP contribution in [0.15, 0.2) is 9.64 Å². The molecule has 1 amide bonds. The molecule has 1 heterocycles. The van der Waals surface area contributed by atoms with Crippen molar-refractivity contribution in [2.45, 2.75) is 70.6 Å². The molecule has 0 saturated heterocycles. The summed E-state index contributed by atoms with van der Waals surface area (Å²) in [5.41, 5.74) is 0. The molecular weight excluding hydrogens is 364 g/mol. The zero-order chi connectivity index (χ0) is 19.6. The molecule has 1 atom stereocenters. The molecule has 27 heavy (non-hydrogen) atoms. The molecule has 8 heteroatoms. The van der Waals surface area contributed by atoms with Crippen molar-refractivity contribution in [3.05, 3.63) is 5.89 Å². The second-order valence-corrected chi connectivity index (χ2v) is 8.45. The molecule has 1 aliphatic carbocycles. The number of amides is 1. The van der Waals surface area contributed by atoms with Crippen molar-refractivity contribution in [1.82, 2.24) is 20.8 Å². The number of hydrogen-bond acceptors (Lipinski definition) is 7. The first-order valence-electron chi connectivity index (χ1n) is 10.0. The lowest BCUT2D eigenvalue weighted by Crippen LogP contribution is -2.47. The first-order valence-corrected chi connectivity index (χ1v) is 11.0. The summed E-state index contributed by atoms with van der Waals surface area (Å²) in [5, 5.41) is 14.5. The molecule has 7 nitrogen and oxygen atoms in total. The van der Waals surface area contributed by atoms with Gasteiger partial charge < -0.3 is 15.1 Å². The third-order valence-electron chi connectivity index (χ3n) is 4.77. The van der Waals surface area contributed by atoms with E-state index in [0.29, 0.717) is 5.22 Å². The van der Waals surface area contributed by atoms with Gasteiger partial charge in [-0.05, 0) is 31.7 Å². The van der Waals surface area contributed by atoms with Crippen LogP contribution in [-0.2, 0) is 4.79 Å². The van der Waals surface area contributed by atoms with E-state index in [0.717, 1.165) is 50.9 Å². The first kappa shape index (κ1) is 21.9. The minimum Gasteiger partial charge on any atom is -0.408 e. The van der Waals surface area contributed by atoms with Crippen LogP contribution >= 0.6 is 11.8 Å². The number of nitrogens with zero attached hydrogens (tertiary/aromatic N) is 2. The van der Waals surface area contributed by atoms with Crippen molar-refractivity contribution < 1.29 is 14.0 Å². The normalized spacial score (nSPS) is 16.4. The molecule has 2 N–H and O–H groups in total. The second kappa shape index (κ2) is 11.4. The van der Waals surface area contributed by atoms with Gasteiger partial charge in [-0.1, -0.05) is 51.8 Å². The largest absolute Gasteiger partial charge is 0.408 e. The number of carbonyl (C=O) groups excluding carboxylic acids is 2. The Morgan fingerprint density at radius 3 is 2.59 bits per heavy atom. The lowest BCUT2D eigenvalue weighted by molar-refractivity contribution is -0.126. The highest BCUT2D eigenvalue weighted by Crippen LogP contribution is 2.24. The Morgan fingerprint density at radius 1 is 1.19 bits per heavy atom. The molecule has 1 saturated carbocycles. The monoisotopic (exact) mass is 396 g/mol. The number of Topliss-reactive ketones (excluding diaryl/α,β-unsaturated/α-hetero) is 1. The predicted molar refractivity (Wildman–Crippen MR) is 106 cm³/mol. The average Bonchev–Trinajstić information content (AvgIpc) is 3.14. The lowest BCUT2D eigenvalue weighted by Gasteiger charge is -2.25. The third-order valence-corrected chi connectivity index (χ3v) is 5.59. The van der Waals surface area contributed by atoms with Crippen LogP contribution in [0.5, 0.6) is 0 Å². The van der Waals surface area contributed by atoms with Crippen LogP contribution in [0.25, 0.3) is 0 Å². The molecule has 0 spiro atoms. The first-order chi connectivity index (χ1) is 13.0. The fourth-order valence-electron chi connectivity index (χ4n) is 3.18. The fraction of sp³-hybridized carbons (Fsp3) is 0.789. The quantitative estimate of drug-likeness (QED) is 0.337. The van der Waals surface area contributed by atoms with Crippen LogP contribution in [0.3, 0.4) is 0 Å². The maximum absolute atomic E-state index is 12.8. The number of carbonyl (C=O) groups is 2. The van der Waals surface area contributed by atoms with Gasteiger partial charge >= 0.3 is 0 Å². The van der Waals surface area contributed by atoms with Crippen molar-refractivity contribution in [3.63, 3.8) is 0 Å². The van der Waals surface area contributed by atoms with Gasteiger partial charge in [-0.15, -0.1) is 10.2 Å². The Hall–Kier alpha value is -1.41. The summed E-state index contributed by atoms with van der Waals surface area (Å²) in [4.78, 5) is 25.3. The molecule has 0 aromatic carbocycles. The van der Waals surface area contributed by atoms with E-state index >= 15 is 0 Å². The van der Waals surface area contributed by atoms with E-state index in [1.165, 1.54) is 18.2 Å². The van der Waals surface area contributed by atoms with Crippen LogP contribution in [-0.4, -0.2) is 46.8 Å². The van der Waals surface area contributed by atoms with Gasteiger partial charge in [-0.2, -0.15) is 0 Å². The summed E-state index contributed by atoms with van der Waals surface area (Å²) in [6, 6.07) is -0.635. The minimum absolute atomic E-state index is 0.0113. The van der Waals surface area contributed by atoms with E-state index < -0.39 is 6.04 Å². The molecular formula is C19H32N4O3S. The molecule has 2 rings (SSSR count). The lowest BCUT2D eigenvalue weighted by atomic mass is 9.88. The summed E-state index contributed by atoms with van der Waals surface area (Å²) in [6.07, 6.45) is 6.24. The Morgan fingerprint density at radius 2 is 1.93 bits per heavy atom. The fourth-order valence-corrected chi connectivity index (χ4v) is 3.84.